The summed E-state index contributed by atoms with van der Waals surface area (Å²) in [5.41, 5.74) is -0.412. The summed E-state index contributed by atoms with van der Waals surface area (Å²) in [7, 11) is -0.747. The van der Waals surface area contributed by atoms with Gasteiger partial charge >= 0.3 is 12.0 Å². The van der Waals surface area contributed by atoms with Gasteiger partial charge in [-0.1, -0.05) is 19.6 Å². The van der Waals surface area contributed by atoms with Crippen LogP contribution in [0.1, 0.15) is 33.6 Å². The molecule has 0 radical (unpaired) electrons. The lowest BCUT2D eigenvalue weighted by Crippen LogP contribution is -2.64. The Bertz CT molecular complexity index is 437. The van der Waals surface area contributed by atoms with E-state index in [4.69, 9.17) is 4.74 Å². The third-order valence-electron chi connectivity index (χ3n) is 3.42. The Morgan fingerprint density at radius 3 is 2.19 bits per heavy atom. The maximum Gasteiger partial charge on any atom is 0.329 e. The molecular weight excluding hydrogens is 288 g/mol. The largest absolute Gasteiger partial charge is 0.467 e. The first-order valence-corrected chi connectivity index (χ1v) is 10.6. The van der Waals surface area contributed by atoms with Crippen molar-refractivity contribution >= 4 is 26.1 Å². The van der Waals surface area contributed by atoms with Crippen molar-refractivity contribution in [1.82, 2.24) is 9.47 Å². The number of amides is 3. The number of carbonyl (C=O) groups excluding carboxylic acids is 3. The smallest absolute Gasteiger partial charge is 0.329 e. The molecule has 1 atom stereocenters. The third-order valence-corrected chi connectivity index (χ3v) is 5.63. The Balaban J connectivity index is 3.18. The zero-order chi connectivity index (χ0) is 16.6. The van der Waals surface area contributed by atoms with E-state index in [1.165, 1.54) is 7.11 Å². The zero-order valence-corrected chi connectivity index (χ0v) is 15.0. The SMILES string of the molecule is COC(=O)C1CCC(=O)N1C(=O)N(C(C)(C)C)[Si](C)(C)C. The maximum atomic E-state index is 12.9. The third kappa shape index (κ3) is 3.64. The van der Waals surface area contributed by atoms with Gasteiger partial charge in [0.15, 0.2) is 8.24 Å². The van der Waals surface area contributed by atoms with Crippen molar-refractivity contribution in [3.8, 4) is 0 Å². The fourth-order valence-electron chi connectivity index (χ4n) is 2.97. The number of hydrogen-bond donors (Lipinski definition) is 0. The summed E-state index contributed by atoms with van der Waals surface area (Å²) in [5.74, 6) is -0.832. The molecule has 3 amide bonds. The van der Waals surface area contributed by atoms with Crippen LogP contribution in [-0.2, 0) is 14.3 Å². The van der Waals surface area contributed by atoms with Crippen molar-refractivity contribution in [2.45, 2.75) is 64.8 Å². The highest BCUT2D eigenvalue weighted by molar-refractivity contribution is 6.75. The minimum Gasteiger partial charge on any atom is -0.467 e. The lowest BCUT2D eigenvalue weighted by molar-refractivity contribution is -0.147. The molecule has 0 bridgehead atoms. The van der Waals surface area contributed by atoms with Crippen LogP contribution in [0.15, 0.2) is 0 Å². The molecule has 6 nitrogen and oxygen atoms in total. The average Bonchev–Trinajstić information content (AvgIpc) is 2.66. The van der Waals surface area contributed by atoms with Gasteiger partial charge in [-0.2, -0.15) is 0 Å². The Hall–Kier alpha value is -1.37. The molecule has 1 fully saturated rings. The number of carbonyl (C=O) groups is 3. The first-order valence-electron chi connectivity index (χ1n) is 7.15. The Kier molecular flexibility index (Phi) is 4.87. The van der Waals surface area contributed by atoms with Gasteiger partial charge in [-0.15, -0.1) is 0 Å². The second kappa shape index (κ2) is 5.79. The Morgan fingerprint density at radius 2 is 1.81 bits per heavy atom. The normalized spacial score (nSPS) is 19.7. The fourth-order valence-corrected chi connectivity index (χ4v) is 5.66. The van der Waals surface area contributed by atoms with Crippen LogP contribution in [0.5, 0.6) is 0 Å². The van der Waals surface area contributed by atoms with Crippen LogP contribution in [0.25, 0.3) is 0 Å². The van der Waals surface area contributed by atoms with Gasteiger partial charge < -0.3 is 9.30 Å². The molecule has 1 aliphatic rings. The molecule has 1 rings (SSSR count). The number of nitrogens with zero attached hydrogens (tertiary/aromatic N) is 2. The Labute approximate surface area is 127 Å². The maximum absolute atomic E-state index is 12.9. The van der Waals surface area contributed by atoms with Gasteiger partial charge in [-0.05, 0) is 27.2 Å². The monoisotopic (exact) mass is 314 g/mol. The van der Waals surface area contributed by atoms with Crippen molar-refractivity contribution in [2.24, 2.45) is 0 Å². The summed E-state index contributed by atoms with van der Waals surface area (Å²) in [4.78, 5) is 37.9. The van der Waals surface area contributed by atoms with Crippen LogP contribution < -0.4 is 0 Å². The van der Waals surface area contributed by atoms with Crippen molar-refractivity contribution in [3.63, 3.8) is 0 Å². The Morgan fingerprint density at radius 1 is 1.29 bits per heavy atom. The summed E-state index contributed by atoms with van der Waals surface area (Å²) in [6, 6.07) is -1.17. The van der Waals surface area contributed by atoms with Gasteiger partial charge in [0.2, 0.25) is 5.91 Å². The lowest BCUT2D eigenvalue weighted by atomic mass is 10.1. The molecular formula is C14H26N2O4Si. The molecule has 0 N–H and O–H groups in total. The number of methoxy groups -OCH3 is 1. The van der Waals surface area contributed by atoms with Gasteiger partial charge in [0, 0.05) is 12.0 Å². The first kappa shape index (κ1) is 17.7. The standard InChI is InChI=1S/C14H26N2O4Si/c1-14(2,3)16(21(5,6)7)13(19)15-10(12(18)20-4)8-9-11(15)17/h10H,8-9H2,1-7H3. The predicted octanol–water partition coefficient (Wildman–Crippen LogP) is 2.21. The molecule has 0 aliphatic carbocycles. The topological polar surface area (TPSA) is 66.9 Å². The molecule has 0 aromatic heterocycles. The summed E-state index contributed by atoms with van der Waals surface area (Å²) in [6.45, 7) is 12.0. The van der Waals surface area contributed by atoms with Gasteiger partial charge in [-0.3, -0.25) is 9.69 Å². The molecule has 21 heavy (non-hydrogen) atoms. The molecule has 1 aliphatic heterocycles. The van der Waals surface area contributed by atoms with E-state index >= 15 is 0 Å². The van der Waals surface area contributed by atoms with E-state index in [1.807, 2.05) is 40.4 Å². The number of urea groups is 1. The van der Waals surface area contributed by atoms with Gasteiger partial charge in [0.1, 0.15) is 6.04 Å². The number of ether oxygens (including phenoxy) is 1. The highest BCUT2D eigenvalue weighted by Gasteiger charge is 2.47. The van der Waals surface area contributed by atoms with Crippen molar-refractivity contribution < 1.29 is 19.1 Å². The second-order valence-corrected chi connectivity index (χ2v) is 12.1. The van der Waals surface area contributed by atoms with E-state index in [2.05, 4.69) is 0 Å². The molecule has 1 saturated heterocycles. The van der Waals surface area contributed by atoms with E-state index in [0.29, 0.717) is 6.42 Å². The van der Waals surface area contributed by atoms with Crippen molar-refractivity contribution in [1.29, 1.82) is 0 Å². The first-order chi connectivity index (χ1) is 9.41. The van der Waals surface area contributed by atoms with Crippen LogP contribution >= 0.6 is 0 Å². The molecule has 120 valence electrons. The molecule has 0 saturated carbocycles. The molecule has 1 unspecified atom stereocenters. The summed E-state index contributed by atoms with van der Waals surface area (Å²) in [6.07, 6.45) is 0.538. The van der Waals surface area contributed by atoms with E-state index in [-0.39, 0.29) is 18.4 Å². The molecule has 0 aromatic carbocycles. The second-order valence-electron chi connectivity index (χ2n) is 7.30. The minimum atomic E-state index is -2.02. The summed E-state index contributed by atoms with van der Waals surface area (Å²) < 4.78 is 6.50. The van der Waals surface area contributed by atoms with E-state index in [1.54, 1.807) is 4.57 Å². The van der Waals surface area contributed by atoms with Gasteiger partial charge in [0.25, 0.3) is 0 Å². The summed E-state index contributed by atoms with van der Waals surface area (Å²) >= 11 is 0. The van der Waals surface area contributed by atoms with Crippen LogP contribution in [-0.4, -0.2) is 54.3 Å². The summed E-state index contributed by atoms with van der Waals surface area (Å²) in [5, 5.41) is 0. The molecule has 0 spiro atoms. The van der Waals surface area contributed by atoms with Gasteiger partial charge in [-0.25, -0.2) is 9.59 Å². The number of rotatable bonds is 2. The number of imide groups is 1. The molecule has 1 heterocycles. The zero-order valence-electron chi connectivity index (χ0n) is 14.0. The van der Waals surface area contributed by atoms with Crippen molar-refractivity contribution in [2.75, 3.05) is 7.11 Å². The number of esters is 1. The minimum absolute atomic E-state index is 0.204. The lowest BCUT2D eigenvalue weighted by Gasteiger charge is -2.46. The van der Waals surface area contributed by atoms with Gasteiger partial charge in [0.05, 0.1) is 7.11 Å². The van der Waals surface area contributed by atoms with Crippen LogP contribution in [0.2, 0.25) is 19.6 Å². The van der Waals surface area contributed by atoms with E-state index in [9.17, 15) is 14.4 Å². The van der Waals surface area contributed by atoms with Crippen LogP contribution in [0.4, 0.5) is 4.79 Å². The number of hydrogen-bond acceptors (Lipinski definition) is 4. The van der Waals surface area contributed by atoms with E-state index < -0.39 is 25.8 Å². The highest BCUT2D eigenvalue weighted by atomic mass is 28.3. The van der Waals surface area contributed by atoms with Crippen LogP contribution in [0.3, 0.4) is 0 Å². The highest BCUT2D eigenvalue weighted by Crippen LogP contribution is 2.28. The van der Waals surface area contributed by atoms with E-state index in [0.717, 1.165) is 4.90 Å². The quantitative estimate of drug-likeness (QED) is 0.579. The molecule has 7 heteroatoms. The van der Waals surface area contributed by atoms with Crippen LogP contribution in [0, 0.1) is 0 Å². The fraction of sp³-hybridized carbons (Fsp3) is 0.786. The predicted molar refractivity (Wildman–Crippen MR) is 82.2 cm³/mol. The molecule has 0 aromatic rings. The average molecular weight is 314 g/mol. The van der Waals surface area contributed by atoms with Crippen molar-refractivity contribution in [3.05, 3.63) is 0 Å². The number of likely N-dealkylation sites (tertiary alicyclic amines) is 1.